The lowest BCUT2D eigenvalue weighted by molar-refractivity contribution is -0.167. The van der Waals surface area contributed by atoms with E-state index < -0.39 is 6.10 Å². The molecule has 0 aromatic carbocycles. The van der Waals surface area contributed by atoms with Gasteiger partial charge >= 0.3 is 17.9 Å². The second-order valence-corrected chi connectivity index (χ2v) is 23.0. The summed E-state index contributed by atoms with van der Waals surface area (Å²) in [5.41, 5.74) is 0. The molecule has 0 amide bonds. The predicted molar refractivity (Wildman–Crippen MR) is 362 cm³/mol. The standard InChI is InChI=1S/C77H130O6/c1-4-7-10-13-16-19-22-25-28-31-32-33-34-35-36-37-38-39-40-41-42-43-44-47-49-52-55-58-61-64-67-70-76(79)82-73-74(83-77(80)71-68-65-62-59-56-53-50-46-30-27-24-21-18-15-12-9-6-3)72-81-75(78)69-66-63-60-57-54-51-48-45-29-26-23-20-17-14-11-8-5-2/h8-9,11-12,17-18,20-22,25-27,29-32,50,53,59,62,74H,4-7,10,13-16,19,23-24,28,33-49,51-52,54-58,60-61,63-73H2,1-3H3/b11-8-,12-9-,20-17-,21-18-,25-22-,29-26-,30-27-,32-31-,53-50-,62-59-. The Morgan fingerprint density at radius 1 is 0.253 bits per heavy atom. The van der Waals surface area contributed by atoms with Crippen molar-refractivity contribution in [2.45, 2.75) is 335 Å². The summed E-state index contributed by atoms with van der Waals surface area (Å²) in [5.74, 6) is -0.964. The fourth-order valence-corrected chi connectivity index (χ4v) is 9.76. The van der Waals surface area contributed by atoms with Crippen LogP contribution in [0.2, 0.25) is 0 Å². The van der Waals surface area contributed by atoms with Gasteiger partial charge in [-0.1, -0.05) is 309 Å². The van der Waals surface area contributed by atoms with Crippen LogP contribution in [0.3, 0.4) is 0 Å². The first-order valence-electron chi connectivity index (χ1n) is 35.0. The van der Waals surface area contributed by atoms with E-state index in [-0.39, 0.29) is 37.5 Å². The quantitative estimate of drug-likeness (QED) is 0.0261. The molecule has 0 aliphatic carbocycles. The minimum Gasteiger partial charge on any atom is -0.462 e. The molecule has 0 heterocycles. The van der Waals surface area contributed by atoms with Crippen LogP contribution >= 0.6 is 0 Å². The molecule has 1 unspecified atom stereocenters. The molecule has 0 aliphatic rings. The minimum absolute atomic E-state index is 0.104. The van der Waals surface area contributed by atoms with Crippen LogP contribution in [0.5, 0.6) is 0 Å². The molecule has 0 bridgehead atoms. The normalized spacial score (nSPS) is 12.9. The summed E-state index contributed by atoms with van der Waals surface area (Å²) in [4.78, 5) is 38.4. The number of carbonyl (C=O) groups excluding carboxylic acids is 3. The van der Waals surface area contributed by atoms with Gasteiger partial charge in [0.1, 0.15) is 13.2 Å². The first kappa shape index (κ1) is 78.8. The molecule has 6 heteroatoms. The summed E-state index contributed by atoms with van der Waals surface area (Å²) in [6, 6.07) is 0. The minimum atomic E-state index is -0.816. The smallest absolute Gasteiger partial charge is 0.306 e. The number of carbonyl (C=O) groups is 3. The van der Waals surface area contributed by atoms with E-state index >= 15 is 0 Å². The highest BCUT2D eigenvalue weighted by atomic mass is 16.6. The number of hydrogen-bond acceptors (Lipinski definition) is 6. The highest BCUT2D eigenvalue weighted by Gasteiger charge is 2.19. The molecule has 0 aromatic rings. The van der Waals surface area contributed by atoms with Crippen molar-refractivity contribution in [3.05, 3.63) is 122 Å². The number of allylic oxidation sites excluding steroid dienone is 20. The summed E-state index contributed by atoms with van der Waals surface area (Å²) >= 11 is 0. The van der Waals surface area contributed by atoms with Crippen LogP contribution in [0, 0.1) is 0 Å². The Kier molecular flexibility index (Phi) is 66.7. The number of hydrogen-bond donors (Lipinski definition) is 0. The van der Waals surface area contributed by atoms with E-state index in [0.717, 1.165) is 109 Å². The number of unbranched alkanes of at least 4 members (excludes halogenated alkanes) is 32. The maximum atomic E-state index is 12.9. The Morgan fingerprint density at radius 2 is 0.482 bits per heavy atom. The van der Waals surface area contributed by atoms with Gasteiger partial charge in [0, 0.05) is 19.3 Å². The van der Waals surface area contributed by atoms with E-state index in [0.29, 0.717) is 19.3 Å². The van der Waals surface area contributed by atoms with Crippen molar-refractivity contribution in [1.29, 1.82) is 0 Å². The van der Waals surface area contributed by atoms with Crippen molar-refractivity contribution in [3.8, 4) is 0 Å². The molecule has 0 rings (SSSR count). The van der Waals surface area contributed by atoms with E-state index in [9.17, 15) is 14.4 Å². The van der Waals surface area contributed by atoms with Crippen molar-refractivity contribution in [2.24, 2.45) is 0 Å². The Bertz CT molecular complexity index is 1700. The highest BCUT2D eigenvalue weighted by molar-refractivity contribution is 5.71. The van der Waals surface area contributed by atoms with Crippen molar-refractivity contribution in [2.75, 3.05) is 13.2 Å². The third kappa shape index (κ3) is 68.5. The first-order valence-corrected chi connectivity index (χ1v) is 35.0. The van der Waals surface area contributed by atoms with Crippen LogP contribution in [0.25, 0.3) is 0 Å². The van der Waals surface area contributed by atoms with Crippen molar-refractivity contribution >= 4 is 17.9 Å². The molecular weight excluding hydrogens is 1020 g/mol. The van der Waals surface area contributed by atoms with Gasteiger partial charge in [0.15, 0.2) is 6.10 Å². The van der Waals surface area contributed by atoms with Crippen LogP contribution < -0.4 is 0 Å². The van der Waals surface area contributed by atoms with Gasteiger partial charge in [-0.3, -0.25) is 14.4 Å². The lowest BCUT2D eigenvalue weighted by Crippen LogP contribution is -2.30. The zero-order valence-corrected chi connectivity index (χ0v) is 54.4. The van der Waals surface area contributed by atoms with Crippen molar-refractivity contribution in [3.63, 3.8) is 0 Å². The summed E-state index contributed by atoms with van der Waals surface area (Å²) in [6.07, 6.45) is 98.1. The lowest BCUT2D eigenvalue weighted by atomic mass is 10.0. The van der Waals surface area contributed by atoms with Crippen LogP contribution in [-0.4, -0.2) is 37.2 Å². The molecule has 0 saturated heterocycles. The first-order chi connectivity index (χ1) is 41.0. The topological polar surface area (TPSA) is 78.9 Å². The molecule has 0 aromatic heterocycles. The SMILES string of the molecule is CC/C=C\C/C=C\C/C=C\C/C=C\C/C=C\CCCC(=O)OC(COC(=O)CCCCCCCCC/C=C\C/C=C\C/C=C\CC)COC(=O)CCCCCCCCCCCCCCCCCCCCC/C=C\C/C=C\CCCCCCC. The molecular formula is C77H130O6. The van der Waals surface area contributed by atoms with Gasteiger partial charge in [-0.15, -0.1) is 0 Å². The molecule has 0 fully saturated rings. The lowest BCUT2D eigenvalue weighted by Gasteiger charge is -2.18. The van der Waals surface area contributed by atoms with Gasteiger partial charge in [0.25, 0.3) is 0 Å². The zero-order chi connectivity index (χ0) is 59.9. The summed E-state index contributed by atoms with van der Waals surface area (Å²) in [7, 11) is 0. The van der Waals surface area contributed by atoms with Gasteiger partial charge in [0.05, 0.1) is 0 Å². The Hall–Kier alpha value is -4.19. The molecule has 0 saturated carbocycles. The molecule has 0 aliphatic heterocycles. The maximum absolute atomic E-state index is 12.9. The van der Waals surface area contributed by atoms with Gasteiger partial charge in [-0.25, -0.2) is 0 Å². The third-order valence-corrected chi connectivity index (χ3v) is 14.9. The van der Waals surface area contributed by atoms with Gasteiger partial charge in [-0.2, -0.15) is 0 Å². The van der Waals surface area contributed by atoms with Crippen LogP contribution in [0.1, 0.15) is 329 Å². The van der Waals surface area contributed by atoms with Gasteiger partial charge in [0.2, 0.25) is 0 Å². The van der Waals surface area contributed by atoms with Crippen LogP contribution in [-0.2, 0) is 28.6 Å². The van der Waals surface area contributed by atoms with Gasteiger partial charge < -0.3 is 14.2 Å². The van der Waals surface area contributed by atoms with Crippen molar-refractivity contribution in [1.82, 2.24) is 0 Å². The van der Waals surface area contributed by atoms with E-state index in [1.165, 1.54) is 173 Å². The number of ether oxygens (including phenoxy) is 3. The molecule has 474 valence electrons. The second kappa shape index (κ2) is 70.3. The summed E-state index contributed by atoms with van der Waals surface area (Å²) in [5, 5.41) is 0. The van der Waals surface area contributed by atoms with Crippen molar-refractivity contribution < 1.29 is 28.6 Å². The Morgan fingerprint density at radius 3 is 0.771 bits per heavy atom. The number of rotatable bonds is 63. The predicted octanol–water partition coefficient (Wildman–Crippen LogP) is 24.3. The highest BCUT2D eigenvalue weighted by Crippen LogP contribution is 2.17. The fraction of sp³-hybridized carbons (Fsp3) is 0.701. The fourth-order valence-electron chi connectivity index (χ4n) is 9.76. The van der Waals surface area contributed by atoms with E-state index in [4.69, 9.17) is 14.2 Å². The Balaban J connectivity index is 4.29. The largest absolute Gasteiger partial charge is 0.462 e. The molecule has 83 heavy (non-hydrogen) atoms. The number of esters is 3. The molecule has 0 spiro atoms. The molecule has 0 N–H and O–H groups in total. The van der Waals surface area contributed by atoms with E-state index in [1.54, 1.807) is 0 Å². The molecule has 0 radical (unpaired) electrons. The van der Waals surface area contributed by atoms with E-state index in [2.05, 4.69) is 142 Å². The Labute approximate surface area is 513 Å². The van der Waals surface area contributed by atoms with Crippen LogP contribution in [0.15, 0.2) is 122 Å². The second-order valence-electron chi connectivity index (χ2n) is 23.0. The summed E-state index contributed by atoms with van der Waals surface area (Å²) in [6.45, 7) is 6.38. The zero-order valence-electron chi connectivity index (χ0n) is 54.4. The van der Waals surface area contributed by atoms with Crippen LogP contribution in [0.4, 0.5) is 0 Å². The maximum Gasteiger partial charge on any atom is 0.306 e. The molecule has 6 nitrogen and oxygen atoms in total. The monoisotopic (exact) mass is 1150 g/mol. The average Bonchev–Trinajstić information content (AvgIpc) is 3.50. The van der Waals surface area contributed by atoms with Gasteiger partial charge in [-0.05, 0) is 122 Å². The molecule has 1 atom stereocenters. The third-order valence-electron chi connectivity index (χ3n) is 14.9. The average molecular weight is 1150 g/mol. The van der Waals surface area contributed by atoms with E-state index in [1.807, 2.05) is 0 Å². The summed E-state index contributed by atoms with van der Waals surface area (Å²) < 4.78 is 16.9.